The fourth-order valence-corrected chi connectivity index (χ4v) is 2.49. The number of nitrogens with zero attached hydrogens (tertiary/aromatic N) is 3. The molecule has 0 radical (unpaired) electrons. The molecule has 0 saturated carbocycles. The molecule has 2 heterocycles. The molecule has 10 heteroatoms. The second-order valence-corrected chi connectivity index (χ2v) is 6.19. The van der Waals surface area contributed by atoms with E-state index in [2.05, 4.69) is 25.2 Å². The molecule has 1 unspecified atom stereocenters. The van der Waals surface area contributed by atoms with Crippen molar-refractivity contribution in [2.45, 2.75) is 26.2 Å². The number of nitrogens with one attached hydrogen (secondary N) is 1. The molecule has 8 nitrogen and oxygen atoms in total. The minimum absolute atomic E-state index is 0.00172. The molecule has 0 saturated heterocycles. The Morgan fingerprint density at radius 3 is 2.73 bits per heavy atom. The Labute approximate surface area is 170 Å². The van der Waals surface area contributed by atoms with Gasteiger partial charge in [0.1, 0.15) is 5.69 Å². The molecule has 156 valence electrons. The van der Waals surface area contributed by atoms with Gasteiger partial charge in [0, 0.05) is 17.8 Å². The molecule has 2 N–H and O–H groups in total. The van der Waals surface area contributed by atoms with Gasteiger partial charge in [-0.15, -0.1) is 0 Å². The van der Waals surface area contributed by atoms with Crippen LogP contribution in [0.1, 0.15) is 34.6 Å². The summed E-state index contributed by atoms with van der Waals surface area (Å²) in [5.74, 6) is -0.842. The number of rotatable bonds is 8. The molecule has 0 spiro atoms. The summed E-state index contributed by atoms with van der Waals surface area (Å²) in [7, 11) is 0. The normalized spacial score (nSPS) is 11.9. The molecule has 1 aromatic carbocycles. The first-order valence-electron chi connectivity index (χ1n) is 8.84. The van der Waals surface area contributed by atoms with Gasteiger partial charge in [0.25, 0.3) is 5.91 Å². The summed E-state index contributed by atoms with van der Waals surface area (Å²) in [6.07, 6.45) is 3.35. The SMILES string of the molecule is CC(O)c1cccc(CONC(=O)c2cncc(-c3ccc(OC(F)F)nc3)n2)c1. The Kier molecular flexibility index (Phi) is 6.94. The van der Waals surface area contributed by atoms with Crippen LogP contribution in [0.2, 0.25) is 0 Å². The lowest BCUT2D eigenvalue weighted by Gasteiger charge is -2.09. The van der Waals surface area contributed by atoms with E-state index < -0.39 is 18.6 Å². The standard InChI is InChI=1S/C20H18F2N4O4/c1-12(27)14-4-2-3-13(7-14)11-29-26-19(28)17-10-23-9-16(25-17)15-5-6-18(24-8-15)30-20(21)22/h2-10,12,20,27H,11H2,1H3,(H,26,28). The highest BCUT2D eigenvalue weighted by Gasteiger charge is 2.12. The van der Waals surface area contributed by atoms with E-state index >= 15 is 0 Å². The van der Waals surface area contributed by atoms with Crippen molar-refractivity contribution in [1.29, 1.82) is 0 Å². The summed E-state index contributed by atoms with van der Waals surface area (Å²) in [4.78, 5) is 29.4. The van der Waals surface area contributed by atoms with Crippen LogP contribution in [-0.4, -0.2) is 32.6 Å². The summed E-state index contributed by atoms with van der Waals surface area (Å²) < 4.78 is 28.6. The molecule has 0 bridgehead atoms. The van der Waals surface area contributed by atoms with E-state index in [-0.39, 0.29) is 18.2 Å². The topological polar surface area (TPSA) is 106 Å². The van der Waals surface area contributed by atoms with Crippen LogP contribution in [0.4, 0.5) is 8.78 Å². The van der Waals surface area contributed by atoms with Gasteiger partial charge in [-0.05, 0) is 24.1 Å². The van der Waals surface area contributed by atoms with Gasteiger partial charge in [-0.1, -0.05) is 24.3 Å². The Balaban J connectivity index is 1.61. The van der Waals surface area contributed by atoms with E-state index in [0.29, 0.717) is 11.3 Å². The molecule has 2 aromatic heterocycles. The summed E-state index contributed by atoms with van der Waals surface area (Å²) >= 11 is 0. The second-order valence-electron chi connectivity index (χ2n) is 6.19. The highest BCUT2D eigenvalue weighted by Crippen LogP contribution is 2.19. The quantitative estimate of drug-likeness (QED) is 0.544. The first-order chi connectivity index (χ1) is 14.4. The van der Waals surface area contributed by atoms with Crippen LogP contribution in [0, 0.1) is 0 Å². The zero-order chi connectivity index (χ0) is 21.5. The number of alkyl halides is 2. The van der Waals surface area contributed by atoms with E-state index in [1.54, 1.807) is 31.2 Å². The number of carbonyl (C=O) groups is 1. The zero-order valence-electron chi connectivity index (χ0n) is 15.8. The molecule has 0 aliphatic heterocycles. The molecular formula is C20H18F2N4O4. The first-order valence-corrected chi connectivity index (χ1v) is 8.84. The number of hydrogen-bond donors (Lipinski definition) is 2. The smallest absolute Gasteiger partial charge is 0.388 e. The zero-order valence-corrected chi connectivity index (χ0v) is 15.8. The number of carbonyl (C=O) groups excluding carboxylic acids is 1. The largest absolute Gasteiger partial charge is 0.417 e. The average molecular weight is 416 g/mol. The molecule has 3 aromatic rings. The summed E-state index contributed by atoms with van der Waals surface area (Å²) in [5, 5.41) is 9.61. The maximum Gasteiger partial charge on any atom is 0.388 e. The third kappa shape index (κ3) is 5.75. The fourth-order valence-electron chi connectivity index (χ4n) is 2.49. The van der Waals surface area contributed by atoms with Gasteiger partial charge in [-0.25, -0.2) is 15.4 Å². The Morgan fingerprint density at radius 2 is 2.03 bits per heavy atom. The number of ether oxygens (including phenoxy) is 1. The highest BCUT2D eigenvalue weighted by molar-refractivity contribution is 5.91. The number of hydrogen-bond acceptors (Lipinski definition) is 7. The predicted octanol–water partition coefficient (Wildman–Crippen LogP) is 3.05. The van der Waals surface area contributed by atoms with Gasteiger partial charge in [-0.3, -0.25) is 14.6 Å². The maximum absolute atomic E-state index is 12.3. The second kappa shape index (κ2) is 9.81. The molecule has 0 fully saturated rings. The molecular weight excluding hydrogens is 398 g/mol. The average Bonchev–Trinajstić information content (AvgIpc) is 2.74. The van der Waals surface area contributed by atoms with Crippen LogP contribution >= 0.6 is 0 Å². The van der Waals surface area contributed by atoms with E-state index in [1.807, 2.05) is 0 Å². The monoisotopic (exact) mass is 416 g/mol. The fraction of sp³-hybridized carbons (Fsp3) is 0.200. The van der Waals surface area contributed by atoms with Crippen molar-refractivity contribution in [2.24, 2.45) is 0 Å². The molecule has 3 rings (SSSR count). The van der Waals surface area contributed by atoms with Gasteiger partial charge < -0.3 is 9.84 Å². The number of halogens is 2. The van der Waals surface area contributed by atoms with Gasteiger partial charge in [-0.2, -0.15) is 8.78 Å². The number of benzene rings is 1. The molecule has 0 aliphatic rings. The summed E-state index contributed by atoms with van der Waals surface area (Å²) in [6, 6.07) is 9.87. The van der Waals surface area contributed by atoms with E-state index in [0.717, 1.165) is 11.1 Å². The highest BCUT2D eigenvalue weighted by atomic mass is 19.3. The molecule has 30 heavy (non-hydrogen) atoms. The first kappa shape index (κ1) is 21.2. The molecule has 0 aliphatic carbocycles. The number of aliphatic hydroxyl groups is 1. The van der Waals surface area contributed by atoms with Crippen molar-refractivity contribution >= 4 is 5.91 Å². The molecule has 1 amide bonds. The molecule has 1 atom stereocenters. The maximum atomic E-state index is 12.3. The van der Waals surface area contributed by atoms with Crippen LogP contribution < -0.4 is 10.2 Å². The van der Waals surface area contributed by atoms with Crippen LogP contribution in [0.3, 0.4) is 0 Å². The number of hydroxylamine groups is 1. The van der Waals surface area contributed by atoms with Crippen molar-refractivity contribution in [3.05, 3.63) is 71.8 Å². The van der Waals surface area contributed by atoms with Crippen molar-refractivity contribution in [2.75, 3.05) is 0 Å². The number of aliphatic hydroxyl groups excluding tert-OH is 1. The van der Waals surface area contributed by atoms with Crippen molar-refractivity contribution in [1.82, 2.24) is 20.4 Å². The van der Waals surface area contributed by atoms with Crippen molar-refractivity contribution in [3.63, 3.8) is 0 Å². The van der Waals surface area contributed by atoms with Crippen LogP contribution in [0.5, 0.6) is 5.88 Å². The van der Waals surface area contributed by atoms with Gasteiger partial charge >= 0.3 is 6.61 Å². The third-order valence-electron chi connectivity index (χ3n) is 3.95. The lowest BCUT2D eigenvalue weighted by Crippen LogP contribution is -2.24. The Hall–Kier alpha value is -3.50. The lowest BCUT2D eigenvalue weighted by molar-refractivity contribution is -0.0528. The van der Waals surface area contributed by atoms with Gasteiger partial charge in [0.05, 0.1) is 30.8 Å². The minimum Gasteiger partial charge on any atom is -0.417 e. The number of amides is 1. The third-order valence-corrected chi connectivity index (χ3v) is 3.95. The Morgan fingerprint density at radius 1 is 1.20 bits per heavy atom. The number of pyridine rings is 1. The van der Waals surface area contributed by atoms with E-state index in [1.165, 1.54) is 30.7 Å². The van der Waals surface area contributed by atoms with Crippen LogP contribution in [0.15, 0.2) is 55.0 Å². The van der Waals surface area contributed by atoms with E-state index in [4.69, 9.17) is 4.84 Å². The lowest BCUT2D eigenvalue weighted by atomic mass is 10.1. The van der Waals surface area contributed by atoms with Gasteiger partial charge in [0.2, 0.25) is 5.88 Å². The van der Waals surface area contributed by atoms with Crippen molar-refractivity contribution in [3.8, 4) is 17.1 Å². The minimum atomic E-state index is -2.97. The Bertz CT molecular complexity index is 1000. The van der Waals surface area contributed by atoms with Crippen molar-refractivity contribution < 1.29 is 28.3 Å². The summed E-state index contributed by atoms with van der Waals surface area (Å²) in [6.45, 7) is -1.22. The van der Waals surface area contributed by atoms with E-state index in [9.17, 15) is 18.7 Å². The van der Waals surface area contributed by atoms with Crippen LogP contribution in [-0.2, 0) is 11.4 Å². The van der Waals surface area contributed by atoms with Gasteiger partial charge in [0.15, 0.2) is 0 Å². The van der Waals surface area contributed by atoms with Crippen LogP contribution in [0.25, 0.3) is 11.3 Å². The predicted molar refractivity (Wildman–Crippen MR) is 101 cm³/mol. The summed E-state index contributed by atoms with van der Waals surface area (Å²) in [5.41, 5.74) is 4.58. The number of aromatic nitrogens is 3.